The van der Waals surface area contributed by atoms with Crippen LogP contribution in [-0.2, 0) is 18.4 Å². The van der Waals surface area contributed by atoms with Crippen molar-refractivity contribution in [2.24, 2.45) is 5.73 Å². The van der Waals surface area contributed by atoms with Crippen LogP contribution in [0.25, 0.3) is 0 Å². The molecule has 0 aromatic heterocycles. The topological polar surface area (TPSA) is 44.5 Å². The summed E-state index contributed by atoms with van der Waals surface area (Å²) in [6.07, 6.45) is 5.32. The summed E-state index contributed by atoms with van der Waals surface area (Å²) in [5.74, 6) is 1.82. The van der Waals surface area contributed by atoms with Gasteiger partial charge in [-0.15, -0.1) is 0 Å². The minimum atomic E-state index is -0.240. The summed E-state index contributed by atoms with van der Waals surface area (Å²) in [5, 5.41) is 0.746. The number of rotatable bonds is 1. The molecule has 0 amide bonds. The summed E-state index contributed by atoms with van der Waals surface area (Å²) in [6.45, 7) is 4.16. The van der Waals surface area contributed by atoms with Gasteiger partial charge in [0.05, 0.1) is 5.02 Å². The lowest BCUT2D eigenvalue weighted by atomic mass is 9.70. The molecular formula is C16H20ClNO2. The van der Waals surface area contributed by atoms with Crippen molar-refractivity contribution in [1.82, 2.24) is 0 Å². The second-order valence-electron chi connectivity index (χ2n) is 6.58. The molecule has 2 heterocycles. The van der Waals surface area contributed by atoms with Crippen molar-refractivity contribution in [1.29, 1.82) is 0 Å². The summed E-state index contributed by atoms with van der Waals surface area (Å²) < 4.78 is 12.0. The largest absolute Gasteiger partial charge is 0.490 e. The van der Waals surface area contributed by atoms with Crippen LogP contribution in [0.1, 0.15) is 49.8 Å². The molecule has 1 aromatic rings. The van der Waals surface area contributed by atoms with Gasteiger partial charge in [-0.05, 0) is 33.1 Å². The molecule has 1 aliphatic carbocycles. The minimum absolute atomic E-state index is 0.171. The first-order valence-corrected chi connectivity index (χ1v) is 7.87. The number of benzene rings is 1. The van der Waals surface area contributed by atoms with Crippen molar-refractivity contribution >= 4 is 11.6 Å². The van der Waals surface area contributed by atoms with Crippen LogP contribution >= 0.6 is 11.6 Å². The fraction of sp³-hybridized carbons (Fsp3) is 0.625. The zero-order valence-corrected chi connectivity index (χ0v) is 12.7. The molecule has 2 unspecified atom stereocenters. The number of hydrogen-bond donors (Lipinski definition) is 1. The van der Waals surface area contributed by atoms with Crippen LogP contribution in [0.4, 0.5) is 0 Å². The van der Waals surface area contributed by atoms with Gasteiger partial charge in [0.1, 0.15) is 23.7 Å². The summed E-state index contributed by atoms with van der Waals surface area (Å²) in [6, 6.07) is 0. The molecule has 2 N–H and O–H groups in total. The average molecular weight is 294 g/mol. The average Bonchev–Trinajstić information content (AvgIpc) is 2.90. The van der Waals surface area contributed by atoms with Gasteiger partial charge in [-0.1, -0.05) is 11.6 Å². The minimum Gasteiger partial charge on any atom is -0.490 e. The van der Waals surface area contributed by atoms with Crippen LogP contribution < -0.4 is 15.2 Å². The van der Waals surface area contributed by atoms with Crippen molar-refractivity contribution in [3.05, 3.63) is 21.7 Å². The van der Waals surface area contributed by atoms with E-state index in [1.54, 1.807) is 0 Å². The number of hydrogen-bond acceptors (Lipinski definition) is 3. The monoisotopic (exact) mass is 293 g/mol. The van der Waals surface area contributed by atoms with Crippen molar-refractivity contribution < 1.29 is 9.47 Å². The molecule has 1 saturated carbocycles. The zero-order valence-electron chi connectivity index (χ0n) is 12.0. The van der Waals surface area contributed by atoms with Crippen molar-refractivity contribution in [2.45, 2.75) is 63.7 Å². The van der Waals surface area contributed by atoms with E-state index in [-0.39, 0.29) is 17.7 Å². The van der Waals surface area contributed by atoms with E-state index in [9.17, 15) is 0 Å². The Balaban J connectivity index is 1.98. The predicted molar refractivity (Wildman–Crippen MR) is 78.8 cm³/mol. The molecule has 4 rings (SSSR count). The van der Waals surface area contributed by atoms with Gasteiger partial charge in [-0.2, -0.15) is 0 Å². The maximum atomic E-state index is 6.63. The smallest absolute Gasteiger partial charge is 0.142 e. The van der Waals surface area contributed by atoms with Gasteiger partial charge in [-0.3, -0.25) is 0 Å². The van der Waals surface area contributed by atoms with Gasteiger partial charge in [0, 0.05) is 35.1 Å². The summed E-state index contributed by atoms with van der Waals surface area (Å²) in [5.41, 5.74) is 9.87. The van der Waals surface area contributed by atoms with E-state index in [0.29, 0.717) is 0 Å². The van der Waals surface area contributed by atoms with E-state index >= 15 is 0 Å². The molecule has 2 aliphatic heterocycles. The van der Waals surface area contributed by atoms with E-state index in [1.807, 2.05) is 0 Å². The number of nitrogens with two attached hydrogens (primary N) is 1. The molecule has 3 nitrogen and oxygen atoms in total. The standard InChI is InChI=1S/C16H20ClNO2/c1-8-6-10-12(16(18)4-3-5-16)14-11(7-9(2)19-14)13(17)15(10)20-8/h8-9H,3-7,18H2,1-2H3. The maximum absolute atomic E-state index is 6.63. The third kappa shape index (κ3) is 1.57. The van der Waals surface area contributed by atoms with E-state index in [4.69, 9.17) is 26.8 Å². The molecule has 108 valence electrons. The lowest BCUT2D eigenvalue weighted by molar-refractivity contribution is 0.218. The Morgan fingerprint density at radius 3 is 2.25 bits per heavy atom. The Bertz CT molecular complexity index is 556. The van der Waals surface area contributed by atoms with Gasteiger partial charge in [0.25, 0.3) is 0 Å². The molecule has 0 saturated heterocycles. The van der Waals surface area contributed by atoms with Gasteiger partial charge < -0.3 is 15.2 Å². The van der Waals surface area contributed by atoms with Crippen LogP contribution in [0.2, 0.25) is 5.02 Å². The van der Waals surface area contributed by atoms with E-state index in [2.05, 4.69) is 13.8 Å². The lowest BCUT2D eigenvalue weighted by Crippen LogP contribution is -2.44. The van der Waals surface area contributed by atoms with Crippen molar-refractivity contribution in [3.8, 4) is 11.5 Å². The van der Waals surface area contributed by atoms with Crippen LogP contribution in [0.15, 0.2) is 0 Å². The highest BCUT2D eigenvalue weighted by atomic mass is 35.5. The normalized spacial score (nSPS) is 29.2. The van der Waals surface area contributed by atoms with Crippen molar-refractivity contribution in [3.63, 3.8) is 0 Å². The number of halogens is 1. The highest BCUT2D eigenvalue weighted by Gasteiger charge is 2.45. The second kappa shape index (κ2) is 4.05. The highest BCUT2D eigenvalue weighted by molar-refractivity contribution is 6.33. The van der Waals surface area contributed by atoms with Crippen LogP contribution in [0, 0.1) is 0 Å². The number of ether oxygens (including phenoxy) is 2. The first kappa shape index (κ1) is 12.8. The maximum Gasteiger partial charge on any atom is 0.142 e. The van der Waals surface area contributed by atoms with Crippen molar-refractivity contribution in [2.75, 3.05) is 0 Å². The second-order valence-corrected chi connectivity index (χ2v) is 6.96. The molecule has 3 aliphatic rings. The van der Waals surface area contributed by atoms with Gasteiger partial charge >= 0.3 is 0 Å². The Morgan fingerprint density at radius 2 is 1.65 bits per heavy atom. The number of fused-ring (bicyclic) bond motifs is 2. The van der Waals surface area contributed by atoms with E-state index in [1.165, 1.54) is 17.5 Å². The van der Waals surface area contributed by atoms with Gasteiger partial charge in [0.2, 0.25) is 0 Å². The molecule has 1 aromatic carbocycles. The fourth-order valence-electron chi connectivity index (χ4n) is 3.80. The summed E-state index contributed by atoms with van der Waals surface area (Å²) in [4.78, 5) is 0. The molecule has 0 spiro atoms. The highest BCUT2D eigenvalue weighted by Crippen LogP contribution is 2.55. The van der Waals surface area contributed by atoms with Gasteiger partial charge in [0.15, 0.2) is 0 Å². The first-order valence-electron chi connectivity index (χ1n) is 7.49. The molecule has 1 fully saturated rings. The Morgan fingerprint density at radius 1 is 1.05 bits per heavy atom. The third-order valence-electron chi connectivity index (χ3n) is 4.91. The quantitative estimate of drug-likeness (QED) is 0.864. The Labute approximate surface area is 124 Å². The molecule has 20 heavy (non-hydrogen) atoms. The first-order chi connectivity index (χ1) is 9.49. The molecule has 2 atom stereocenters. The van der Waals surface area contributed by atoms with Crippen LogP contribution in [-0.4, -0.2) is 12.2 Å². The zero-order chi connectivity index (χ0) is 14.1. The molecule has 0 bridgehead atoms. The molecule has 4 heteroatoms. The van der Waals surface area contributed by atoms with Crippen LogP contribution in [0.5, 0.6) is 11.5 Å². The Hall–Kier alpha value is -0.930. The lowest BCUT2D eigenvalue weighted by Gasteiger charge is -2.40. The SMILES string of the molecule is CC1Cc2c(c(Cl)c3c(c2C2(N)CCC2)OC(C)C3)O1. The van der Waals surface area contributed by atoms with E-state index < -0.39 is 0 Å². The predicted octanol–water partition coefficient (Wildman–Crippen LogP) is 3.32. The summed E-state index contributed by atoms with van der Waals surface area (Å²) in [7, 11) is 0. The van der Waals surface area contributed by atoms with Gasteiger partial charge in [-0.25, -0.2) is 0 Å². The summed E-state index contributed by atoms with van der Waals surface area (Å²) >= 11 is 6.57. The Kier molecular flexibility index (Phi) is 2.59. The third-order valence-corrected chi connectivity index (χ3v) is 5.31. The van der Waals surface area contributed by atoms with E-state index in [0.717, 1.165) is 47.8 Å². The van der Waals surface area contributed by atoms with Crippen LogP contribution in [0.3, 0.4) is 0 Å². The molecular weight excluding hydrogens is 274 g/mol. The molecule has 0 radical (unpaired) electrons. The fourth-order valence-corrected chi connectivity index (χ4v) is 4.12.